The largest absolute Gasteiger partial charge is 0.342 e. The molecule has 2 aliphatic heterocycles. The van der Waals surface area contributed by atoms with Crippen LogP contribution >= 0.6 is 11.3 Å². The Morgan fingerprint density at radius 2 is 1.75 bits per heavy atom. The predicted octanol–water partition coefficient (Wildman–Crippen LogP) is 2.23. The van der Waals surface area contributed by atoms with Crippen LogP contribution in [-0.4, -0.2) is 89.4 Å². The van der Waals surface area contributed by atoms with Crippen LogP contribution in [0.1, 0.15) is 66.3 Å². The van der Waals surface area contributed by atoms with Gasteiger partial charge in [0.05, 0.1) is 29.3 Å². The molecule has 12 heteroatoms. The quantitative estimate of drug-likeness (QED) is 0.619. The van der Waals surface area contributed by atoms with Crippen LogP contribution in [0, 0.1) is 6.92 Å². The van der Waals surface area contributed by atoms with Gasteiger partial charge in [-0.05, 0) is 31.9 Å². The Morgan fingerprint density at radius 1 is 1.08 bits per heavy atom. The van der Waals surface area contributed by atoms with Gasteiger partial charge >= 0.3 is 0 Å². The highest BCUT2D eigenvalue weighted by Crippen LogP contribution is 2.31. The van der Waals surface area contributed by atoms with Gasteiger partial charge in [0.1, 0.15) is 5.01 Å². The molecule has 36 heavy (non-hydrogen) atoms. The van der Waals surface area contributed by atoms with Gasteiger partial charge in [0.25, 0.3) is 5.91 Å². The van der Waals surface area contributed by atoms with Crippen molar-refractivity contribution >= 4 is 38.1 Å². The third kappa shape index (κ3) is 6.46. The monoisotopic (exact) mass is 534 g/mol. The molecule has 0 atom stereocenters. The maximum atomic E-state index is 13.2. The average molecular weight is 535 g/mol. The molecule has 0 aromatic carbocycles. The summed E-state index contributed by atoms with van der Waals surface area (Å²) in [5, 5.41) is 12.5. The maximum absolute atomic E-state index is 13.2. The molecule has 2 fully saturated rings. The number of carbonyl (C=O) groups is 2. The van der Waals surface area contributed by atoms with E-state index in [0.717, 1.165) is 16.4 Å². The first kappa shape index (κ1) is 26.6. The number of aryl methyl sites for hydroxylation is 1. The number of hydrogen-bond acceptors (Lipinski definition) is 9. The number of nitrogens with one attached hydrogen (secondary N) is 1. The van der Waals surface area contributed by atoms with Gasteiger partial charge in [-0.2, -0.15) is 0 Å². The summed E-state index contributed by atoms with van der Waals surface area (Å²) in [4.78, 5) is 34.5. The molecule has 4 rings (SSSR count). The lowest BCUT2D eigenvalue weighted by atomic mass is 9.89. The second-order valence-electron chi connectivity index (χ2n) is 10.6. The van der Waals surface area contributed by atoms with Crippen LogP contribution in [-0.2, 0) is 20.0 Å². The Morgan fingerprint density at radius 3 is 2.36 bits per heavy atom. The van der Waals surface area contributed by atoms with Crippen LogP contribution in [0.15, 0.2) is 12.1 Å². The van der Waals surface area contributed by atoms with Crippen molar-refractivity contribution in [2.75, 3.05) is 49.5 Å². The molecule has 0 spiro atoms. The zero-order valence-electron chi connectivity index (χ0n) is 21.3. The van der Waals surface area contributed by atoms with Gasteiger partial charge < -0.3 is 4.90 Å². The fourth-order valence-electron chi connectivity index (χ4n) is 4.42. The molecule has 10 nitrogen and oxygen atoms in total. The molecule has 2 aliphatic rings. The second kappa shape index (κ2) is 10.5. The van der Waals surface area contributed by atoms with Crippen LogP contribution in [0.5, 0.6) is 0 Å². The summed E-state index contributed by atoms with van der Waals surface area (Å²) in [5.74, 6) is 0.0533. The minimum atomic E-state index is -2.97. The van der Waals surface area contributed by atoms with E-state index in [-0.39, 0.29) is 41.2 Å². The summed E-state index contributed by atoms with van der Waals surface area (Å²) < 4.78 is 23.3. The number of rotatable bonds is 5. The highest BCUT2D eigenvalue weighted by molar-refractivity contribution is 7.91. The van der Waals surface area contributed by atoms with Gasteiger partial charge in [-0.3, -0.25) is 24.8 Å². The van der Waals surface area contributed by atoms with E-state index < -0.39 is 9.84 Å². The smallest absolute Gasteiger partial charge is 0.259 e. The molecule has 0 unspecified atom stereocenters. The molecule has 0 aliphatic carbocycles. The number of likely N-dealkylation sites (tertiary alicyclic amines) is 1. The topological polar surface area (TPSA) is 125 Å². The van der Waals surface area contributed by atoms with E-state index in [1.807, 2.05) is 22.8 Å². The molecule has 1 N–H and O–H groups in total. The SMILES string of the molecule is Cc1ccc(C(=O)Nc2nnc(C(C)(C)C)s2)c(C2CCN(C(=O)CN3CCS(=O)(=O)CC3)CC2)n1. The van der Waals surface area contributed by atoms with E-state index in [4.69, 9.17) is 4.98 Å². The minimum absolute atomic E-state index is 0.0221. The zero-order chi connectivity index (χ0) is 26.1. The van der Waals surface area contributed by atoms with Crippen molar-refractivity contribution in [2.24, 2.45) is 0 Å². The van der Waals surface area contributed by atoms with E-state index in [0.29, 0.717) is 49.7 Å². The summed E-state index contributed by atoms with van der Waals surface area (Å²) >= 11 is 1.37. The van der Waals surface area contributed by atoms with Gasteiger partial charge in [-0.25, -0.2) is 8.42 Å². The van der Waals surface area contributed by atoms with Crippen molar-refractivity contribution in [1.82, 2.24) is 25.0 Å². The van der Waals surface area contributed by atoms with E-state index >= 15 is 0 Å². The molecule has 4 heterocycles. The molecular formula is C24H34N6O4S2. The van der Waals surface area contributed by atoms with Crippen molar-refractivity contribution in [3.63, 3.8) is 0 Å². The van der Waals surface area contributed by atoms with Gasteiger partial charge in [0.2, 0.25) is 11.0 Å². The minimum Gasteiger partial charge on any atom is -0.342 e. The van der Waals surface area contributed by atoms with Crippen LogP contribution in [0.4, 0.5) is 5.13 Å². The lowest BCUT2D eigenvalue weighted by Crippen LogP contribution is -2.48. The molecular weight excluding hydrogens is 500 g/mol. The van der Waals surface area contributed by atoms with E-state index in [9.17, 15) is 18.0 Å². The van der Waals surface area contributed by atoms with Crippen molar-refractivity contribution in [3.8, 4) is 0 Å². The van der Waals surface area contributed by atoms with Crippen molar-refractivity contribution < 1.29 is 18.0 Å². The summed E-state index contributed by atoms with van der Waals surface area (Å²) in [6.07, 6.45) is 1.42. The highest BCUT2D eigenvalue weighted by atomic mass is 32.2. The number of amides is 2. The third-order valence-corrected chi connectivity index (χ3v) is 9.50. The number of nitrogens with zero attached hydrogens (tertiary/aromatic N) is 5. The molecule has 2 saturated heterocycles. The first-order chi connectivity index (χ1) is 16.9. The number of pyridine rings is 1. The molecule has 0 saturated carbocycles. The highest BCUT2D eigenvalue weighted by Gasteiger charge is 2.30. The fraction of sp³-hybridized carbons (Fsp3) is 0.625. The third-order valence-electron chi connectivity index (χ3n) is 6.63. The van der Waals surface area contributed by atoms with Gasteiger partial charge in [0.15, 0.2) is 9.84 Å². The summed E-state index contributed by atoms with van der Waals surface area (Å²) in [6, 6.07) is 3.64. The van der Waals surface area contributed by atoms with E-state index in [1.165, 1.54) is 11.3 Å². The Hall–Kier alpha value is -2.44. The Bertz CT molecular complexity index is 1220. The normalized spacial score (nSPS) is 19.3. The van der Waals surface area contributed by atoms with Gasteiger partial charge in [-0.15, -0.1) is 10.2 Å². The van der Waals surface area contributed by atoms with Crippen molar-refractivity contribution in [3.05, 3.63) is 34.1 Å². The van der Waals surface area contributed by atoms with E-state index in [1.54, 1.807) is 6.07 Å². The first-order valence-corrected chi connectivity index (χ1v) is 14.9. The van der Waals surface area contributed by atoms with Crippen LogP contribution < -0.4 is 5.32 Å². The number of anilines is 1. The number of carbonyl (C=O) groups excluding carboxylic acids is 2. The van der Waals surface area contributed by atoms with Crippen LogP contribution in [0.25, 0.3) is 0 Å². The maximum Gasteiger partial charge on any atom is 0.259 e. The molecule has 2 aromatic heterocycles. The second-order valence-corrected chi connectivity index (χ2v) is 13.9. The number of hydrogen-bond donors (Lipinski definition) is 1. The lowest BCUT2D eigenvalue weighted by Gasteiger charge is -2.34. The number of sulfone groups is 1. The Kier molecular flexibility index (Phi) is 7.77. The molecule has 2 aromatic rings. The van der Waals surface area contributed by atoms with Gasteiger partial charge in [-0.1, -0.05) is 32.1 Å². The number of aromatic nitrogens is 3. The Balaban J connectivity index is 1.38. The summed E-state index contributed by atoms with van der Waals surface area (Å²) in [6.45, 7) is 10.3. The average Bonchev–Trinajstić information content (AvgIpc) is 3.29. The summed E-state index contributed by atoms with van der Waals surface area (Å²) in [7, 11) is -2.97. The van der Waals surface area contributed by atoms with E-state index in [2.05, 4.69) is 36.3 Å². The first-order valence-electron chi connectivity index (χ1n) is 12.2. The van der Waals surface area contributed by atoms with Gasteiger partial charge in [0, 0.05) is 43.2 Å². The standard InChI is InChI=1S/C24H34N6O4S2/c1-16-5-6-18(21(32)26-23-28-27-22(35-23)24(2,3)4)20(25-16)17-7-9-30(10-8-17)19(31)15-29-11-13-36(33,34)14-12-29/h5-6,17H,7-15H2,1-4H3,(H,26,28,32). The van der Waals surface area contributed by atoms with Crippen molar-refractivity contribution in [1.29, 1.82) is 0 Å². The lowest BCUT2D eigenvalue weighted by molar-refractivity contribution is -0.133. The number of piperidine rings is 1. The van der Waals surface area contributed by atoms with Crippen molar-refractivity contribution in [2.45, 2.75) is 51.9 Å². The molecule has 2 amide bonds. The Labute approximate surface area is 216 Å². The fourth-order valence-corrected chi connectivity index (χ4v) is 6.50. The molecule has 0 bridgehead atoms. The predicted molar refractivity (Wildman–Crippen MR) is 139 cm³/mol. The zero-order valence-corrected chi connectivity index (χ0v) is 22.9. The molecule has 0 radical (unpaired) electrons. The summed E-state index contributed by atoms with van der Waals surface area (Å²) in [5.41, 5.74) is 1.97. The van der Waals surface area contributed by atoms with Crippen LogP contribution in [0.2, 0.25) is 0 Å². The van der Waals surface area contributed by atoms with Crippen LogP contribution in [0.3, 0.4) is 0 Å². The molecule has 196 valence electrons.